The molecule has 26 heavy (non-hydrogen) atoms. The van der Waals surface area contributed by atoms with Gasteiger partial charge in [-0.1, -0.05) is 12.1 Å². The molecule has 0 aliphatic carbocycles. The molecule has 6 nitrogen and oxygen atoms in total. The number of hydrogen-bond donors (Lipinski definition) is 2. The van der Waals surface area contributed by atoms with Gasteiger partial charge < -0.3 is 19.9 Å². The minimum atomic E-state index is -1.06. The van der Waals surface area contributed by atoms with Gasteiger partial charge in [-0.05, 0) is 56.2 Å². The number of rotatable bonds is 9. The summed E-state index contributed by atoms with van der Waals surface area (Å²) in [5.41, 5.74) is 1.42. The number of ether oxygens (including phenoxy) is 2. The van der Waals surface area contributed by atoms with Crippen molar-refractivity contribution < 1.29 is 24.2 Å². The molecule has 0 saturated carbocycles. The lowest BCUT2D eigenvalue weighted by Crippen LogP contribution is -2.25. The number of carboxylic acids is 1. The van der Waals surface area contributed by atoms with Gasteiger partial charge in [0.05, 0.1) is 18.8 Å². The average molecular weight is 357 g/mol. The highest BCUT2D eigenvalue weighted by Crippen LogP contribution is 2.28. The molecule has 0 heterocycles. The molecule has 0 radical (unpaired) electrons. The van der Waals surface area contributed by atoms with E-state index in [1.54, 1.807) is 12.1 Å². The molecule has 2 aromatic rings. The molecular weight excluding hydrogens is 334 g/mol. The third-order valence-corrected chi connectivity index (χ3v) is 3.68. The van der Waals surface area contributed by atoms with Crippen molar-refractivity contribution in [1.29, 1.82) is 0 Å². The summed E-state index contributed by atoms with van der Waals surface area (Å²) in [5, 5.41) is 11.8. The predicted octanol–water partition coefficient (Wildman–Crippen LogP) is 3.15. The van der Waals surface area contributed by atoms with Crippen molar-refractivity contribution in [3.05, 3.63) is 59.2 Å². The van der Waals surface area contributed by atoms with Gasteiger partial charge in [0.1, 0.15) is 0 Å². The Balaban J connectivity index is 1.96. The first-order chi connectivity index (χ1) is 12.5. The summed E-state index contributed by atoms with van der Waals surface area (Å²) in [6.07, 6.45) is 0.622. The molecule has 0 aromatic heterocycles. The van der Waals surface area contributed by atoms with E-state index in [9.17, 15) is 9.59 Å². The van der Waals surface area contributed by atoms with Gasteiger partial charge in [0.15, 0.2) is 11.5 Å². The Morgan fingerprint density at radius 3 is 2.35 bits per heavy atom. The van der Waals surface area contributed by atoms with Gasteiger partial charge in [-0.2, -0.15) is 0 Å². The van der Waals surface area contributed by atoms with E-state index in [4.69, 9.17) is 14.6 Å². The van der Waals surface area contributed by atoms with Crippen molar-refractivity contribution >= 4 is 11.9 Å². The van der Waals surface area contributed by atoms with E-state index in [2.05, 4.69) is 5.32 Å². The number of carboxylic acid groups (broad SMARTS) is 1. The lowest BCUT2D eigenvalue weighted by Gasteiger charge is -2.12. The van der Waals surface area contributed by atoms with Gasteiger partial charge in [-0.15, -0.1) is 0 Å². The lowest BCUT2D eigenvalue weighted by atomic mass is 10.1. The van der Waals surface area contributed by atoms with Crippen LogP contribution in [0.2, 0.25) is 0 Å². The van der Waals surface area contributed by atoms with Crippen LogP contribution in [0.5, 0.6) is 11.5 Å². The van der Waals surface area contributed by atoms with Crippen molar-refractivity contribution in [3.8, 4) is 11.5 Å². The lowest BCUT2D eigenvalue weighted by molar-refractivity contribution is 0.0697. The van der Waals surface area contributed by atoms with Crippen LogP contribution in [-0.4, -0.2) is 36.7 Å². The maximum absolute atomic E-state index is 12.2. The first-order valence-electron chi connectivity index (χ1n) is 8.55. The van der Waals surface area contributed by atoms with Crippen LogP contribution < -0.4 is 14.8 Å². The molecular formula is C20H23NO5. The fourth-order valence-electron chi connectivity index (χ4n) is 2.47. The Bertz CT molecular complexity index is 773. The van der Waals surface area contributed by atoms with Crippen LogP contribution in [0.1, 0.15) is 40.1 Å². The maximum atomic E-state index is 12.2. The standard InChI is InChI=1S/C20H23NO5/c1-3-25-17-9-8-14(12-18(17)26-4-2)10-11-21-19(22)15-6-5-7-16(13-15)20(23)24/h5-9,12-13H,3-4,10-11H2,1-2H3,(H,21,22)(H,23,24). The van der Waals surface area contributed by atoms with E-state index < -0.39 is 5.97 Å². The Morgan fingerprint density at radius 1 is 0.962 bits per heavy atom. The third-order valence-electron chi connectivity index (χ3n) is 3.68. The monoisotopic (exact) mass is 357 g/mol. The van der Waals surface area contributed by atoms with Crippen LogP contribution in [0.15, 0.2) is 42.5 Å². The Morgan fingerprint density at radius 2 is 1.65 bits per heavy atom. The number of amides is 1. The molecule has 2 aromatic carbocycles. The molecule has 138 valence electrons. The molecule has 0 unspecified atom stereocenters. The summed E-state index contributed by atoms with van der Waals surface area (Å²) in [6, 6.07) is 11.7. The zero-order valence-electron chi connectivity index (χ0n) is 15.0. The van der Waals surface area contributed by atoms with Gasteiger partial charge in [0.25, 0.3) is 5.91 Å². The van der Waals surface area contributed by atoms with Crippen molar-refractivity contribution in [2.75, 3.05) is 19.8 Å². The number of benzene rings is 2. The van der Waals surface area contributed by atoms with Crippen molar-refractivity contribution in [3.63, 3.8) is 0 Å². The number of carbonyl (C=O) groups excluding carboxylic acids is 1. The Kier molecular flexibility index (Phi) is 7.02. The molecule has 0 atom stereocenters. The average Bonchev–Trinajstić information content (AvgIpc) is 2.64. The fourth-order valence-corrected chi connectivity index (χ4v) is 2.47. The highest BCUT2D eigenvalue weighted by atomic mass is 16.5. The maximum Gasteiger partial charge on any atom is 0.335 e. The van der Waals surface area contributed by atoms with E-state index in [-0.39, 0.29) is 11.5 Å². The second-order valence-corrected chi connectivity index (χ2v) is 5.54. The highest BCUT2D eigenvalue weighted by Gasteiger charge is 2.10. The summed E-state index contributed by atoms with van der Waals surface area (Å²) in [6.45, 7) is 5.35. The quantitative estimate of drug-likeness (QED) is 0.720. The summed E-state index contributed by atoms with van der Waals surface area (Å²) in [4.78, 5) is 23.1. The van der Waals surface area contributed by atoms with Gasteiger partial charge >= 0.3 is 5.97 Å². The molecule has 0 saturated heterocycles. The first kappa shape index (κ1) is 19.3. The smallest absolute Gasteiger partial charge is 0.335 e. The molecule has 2 rings (SSSR count). The topological polar surface area (TPSA) is 84.9 Å². The summed E-state index contributed by atoms with van der Waals surface area (Å²) in [5.74, 6) is 0.0292. The number of nitrogens with one attached hydrogen (secondary N) is 1. The van der Waals surface area contributed by atoms with Gasteiger partial charge in [-0.3, -0.25) is 4.79 Å². The summed E-state index contributed by atoms with van der Waals surface area (Å²) in [7, 11) is 0. The van der Waals surface area contributed by atoms with Gasteiger partial charge in [-0.25, -0.2) is 4.79 Å². The largest absolute Gasteiger partial charge is 0.490 e. The van der Waals surface area contributed by atoms with Crippen molar-refractivity contribution in [1.82, 2.24) is 5.32 Å². The zero-order chi connectivity index (χ0) is 18.9. The Labute approximate surface area is 152 Å². The molecule has 0 bridgehead atoms. The van der Waals surface area contributed by atoms with E-state index in [0.29, 0.717) is 43.2 Å². The van der Waals surface area contributed by atoms with E-state index in [1.807, 2.05) is 32.0 Å². The van der Waals surface area contributed by atoms with Crippen LogP contribution in [0.25, 0.3) is 0 Å². The highest BCUT2D eigenvalue weighted by molar-refractivity contribution is 5.97. The molecule has 1 amide bonds. The SMILES string of the molecule is CCOc1ccc(CCNC(=O)c2cccc(C(=O)O)c2)cc1OCC. The third kappa shape index (κ3) is 5.24. The molecule has 6 heteroatoms. The summed E-state index contributed by atoms with van der Waals surface area (Å²) < 4.78 is 11.1. The second-order valence-electron chi connectivity index (χ2n) is 5.54. The fraction of sp³-hybridized carbons (Fsp3) is 0.300. The van der Waals surface area contributed by atoms with E-state index >= 15 is 0 Å². The van der Waals surface area contributed by atoms with Crippen molar-refractivity contribution in [2.45, 2.75) is 20.3 Å². The van der Waals surface area contributed by atoms with Gasteiger partial charge in [0.2, 0.25) is 0 Å². The number of hydrogen-bond acceptors (Lipinski definition) is 4. The van der Waals surface area contributed by atoms with E-state index in [1.165, 1.54) is 12.1 Å². The van der Waals surface area contributed by atoms with E-state index in [0.717, 1.165) is 5.56 Å². The zero-order valence-corrected chi connectivity index (χ0v) is 15.0. The van der Waals surface area contributed by atoms with Crippen LogP contribution in [0.3, 0.4) is 0 Å². The van der Waals surface area contributed by atoms with Crippen LogP contribution in [0.4, 0.5) is 0 Å². The van der Waals surface area contributed by atoms with Crippen LogP contribution in [0, 0.1) is 0 Å². The molecule has 0 fully saturated rings. The van der Waals surface area contributed by atoms with Gasteiger partial charge in [0, 0.05) is 12.1 Å². The predicted molar refractivity (Wildman–Crippen MR) is 98.2 cm³/mol. The number of aromatic carboxylic acids is 1. The minimum absolute atomic E-state index is 0.0884. The number of carbonyl (C=O) groups is 2. The normalized spacial score (nSPS) is 10.2. The van der Waals surface area contributed by atoms with Crippen LogP contribution >= 0.6 is 0 Å². The van der Waals surface area contributed by atoms with Crippen molar-refractivity contribution in [2.24, 2.45) is 0 Å². The molecule has 2 N–H and O–H groups in total. The first-order valence-corrected chi connectivity index (χ1v) is 8.55. The molecule has 0 aliphatic rings. The Hall–Kier alpha value is -3.02. The van der Waals surface area contributed by atoms with Crippen LogP contribution in [-0.2, 0) is 6.42 Å². The second kappa shape index (κ2) is 9.46. The minimum Gasteiger partial charge on any atom is -0.490 e. The molecule has 0 aliphatic heterocycles. The summed E-state index contributed by atoms with van der Waals surface area (Å²) >= 11 is 0. The molecule has 0 spiro atoms.